The molecule has 7 heteroatoms. The number of sulfone groups is 1. The van der Waals surface area contributed by atoms with E-state index in [9.17, 15) is 16.8 Å². The normalized spacial score (nSPS) is 21.5. The van der Waals surface area contributed by atoms with Crippen molar-refractivity contribution in [1.82, 2.24) is 0 Å². The minimum atomic E-state index is -3.55. The van der Waals surface area contributed by atoms with Gasteiger partial charge in [0.05, 0.1) is 23.7 Å². The van der Waals surface area contributed by atoms with Crippen LogP contribution >= 0.6 is 0 Å². The third-order valence-corrected chi connectivity index (χ3v) is 5.43. The second-order valence-electron chi connectivity index (χ2n) is 4.62. The first kappa shape index (κ1) is 14.1. The summed E-state index contributed by atoms with van der Waals surface area (Å²) in [6.07, 6.45) is 2.49. The van der Waals surface area contributed by atoms with Gasteiger partial charge in [-0.2, -0.15) is 0 Å². The number of nitrogens with zero attached hydrogens (tertiary/aromatic N) is 1. The lowest BCUT2D eigenvalue weighted by Crippen LogP contribution is -2.40. The van der Waals surface area contributed by atoms with Crippen LogP contribution in [0.5, 0.6) is 0 Å². The summed E-state index contributed by atoms with van der Waals surface area (Å²) >= 11 is 0. The van der Waals surface area contributed by atoms with Crippen molar-refractivity contribution in [2.24, 2.45) is 0 Å². The number of rotatable bonds is 3. The molecule has 0 saturated carbocycles. The van der Waals surface area contributed by atoms with Crippen molar-refractivity contribution in [3.8, 4) is 0 Å². The smallest absolute Gasteiger partial charge is 0.232 e. The molecule has 0 saturated heterocycles. The highest BCUT2D eigenvalue weighted by Crippen LogP contribution is 2.25. The molecule has 1 heterocycles. The van der Waals surface area contributed by atoms with Crippen LogP contribution < -0.4 is 4.31 Å². The lowest BCUT2D eigenvalue weighted by Gasteiger charge is -2.27. The molecule has 0 fully saturated rings. The Kier molecular flexibility index (Phi) is 3.44. The van der Waals surface area contributed by atoms with Crippen LogP contribution in [0.3, 0.4) is 0 Å². The lowest BCUT2D eigenvalue weighted by atomic mass is 10.2. The molecule has 0 spiro atoms. The summed E-state index contributed by atoms with van der Waals surface area (Å²) < 4.78 is 47.9. The van der Waals surface area contributed by atoms with Gasteiger partial charge in [-0.25, -0.2) is 16.8 Å². The summed E-state index contributed by atoms with van der Waals surface area (Å²) in [4.78, 5) is 0. The summed E-state index contributed by atoms with van der Waals surface area (Å²) in [5, 5.41) is 1.07. The van der Waals surface area contributed by atoms with E-state index in [4.69, 9.17) is 0 Å². The highest BCUT2D eigenvalue weighted by molar-refractivity contribution is 7.95. The van der Waals surface area contributed by atoms with Gasteiger partial charge in [0.2, 0.25) is 10.0 Å². The minimum Gasteiger partial charge on any atom is -0.263 e. The Morgan fingerprint density at radius 3 is 2.21 bits per heavy atom. The molecule has 1 unspecified atom stereocenters. The molecule has 19 heavy (non-hydrogen) atoms. The van der Waals surface area contributed by atoms with E-state index >= 15 is 0 Å². The average molecular weight is 301 g/mol. The first-order chi connectivity index (χ1) is 8.69. The maximum atomic E-state index is 11.9. The van der Waals surface area contributed by atoms with Gasteiger partial charge in [-0.15, -0.1) is 0 Å². The average Bonchev–Trinajstić information content (AvgIpc) is 2.60. The van der Waals surface area contributed by atoms with Gasteiger partial charge in [0, 0.05) is 5.41 Å². The fraction of sp³-hybridized carbons (Fsp3) is 0.333. The molecular weight excluding hydrogens is 286 g/mol. The number of sulfonamides is 1. The van der Waals surface area contributed by atoms with Gasteiger partial charge in [-0.3, -0.25) is 4.31 Å². The zero-order valence-electron chi connectivity index (χ0n) is 10.6. The van der Waals surface area contributed by atoms with E-state index in [1.807, 2.05) is 6.92 Å². The second kappa shape index (κ2) is 4.64. The van der Waals surface area contributed by atoms with Crippen LogP contribution in [-0.4, -0.2) is 34.9 Å². The fourth-order valence-corrected chi connectivity index (χ4v) is 4.53. The number of benzene rings is 1. The van der Waals surface area contributed by atoms with Crippen molar-refractivity contribution in [2.45, 2.75) is 13.0 Å². The monoisotopic (exact) mass is 301 g/mol. The van der Waals surface area contributed by atoms with Crippen molar-refractivity contribution < 1.29 is 16.8 Å². The minimum absolute atomic E-state index is 0.214. The van der Waals surface area contributed by atoms with Crippen molar-refractivity contribution in [3.05, 3.63) is 41.3 Å². The first-order valence-electron chi connectivity index (χ1n) is 5.66. The molecule has 0 amide bonds. The molecule has 0 bridgehead atoms. The Morgan fingerprint density at radius 1 is 1.21 bits per heavy atom. The van der Waals surface area contributed by atoms with Crippen molar-refractivity contribution in [3.63, 3.8) is 0 Å². The van der Waals surface area contributed by atoms with Crippen molar-refractivity contribution in [1.29, 1.82) is 0 Å². The van der Waals surface area contributed by atoms with Gasteiger partial charge in [-0.1, -0.05) is 17.7 Å². The Hall–Kier alpha value is -1.34. The third kappa shape index (κ3) is 3.16. The standard InChI is InChI=1S/C12H15NO4S2/c1-10-3-5-11(6-4-10)13(18(2,14)15)12-7-8-19(16,17)9-12/h3-8,12H,9H2,1-2H3. The van der Waals surface area contributed by atoms with E-state index in [0.717, 1.165) is 21.5 Å². The van der Waals surface area contributed by atoms with Gasteiger partial charge in [-0.05, 0) is 25.1 Å². The molecule has 0 N–H and O–H groups in total. The molecule has 104 valence electrons. The number of hydrogen-bond donors (Lipinski definition) is 0. The molecule has 1 aliphatic rings. The highest BCUT2D eigenvalue weighted by Gasteiger charge is 2.32. The van der Waals surface area contributed by atoms with E-state index in [-0.39, 0.29) is 5.75 Å². The van der Waals surface area contributed by atoms with E-state index < -0.39 is 25.9 Å². The van der Waals surface area contributed by atoms with Crippen LogP contribution in [0.4, 0.5) is 5.69 Å². The molecule has 0 radical (unpaired) electrons. The van der Waals surface area contributed by atoms with Crippen LogP contribution in [0.1, 0.15) is 5.56 Å². The molecule has 0 aliphatic carbocycles. The number of hydrogen-bond acceptors (Lipinski definition) is 4. The molecule has 1 aromatic rings. The highest BCUT2D eigenvalue weighted by atomic mass is 32.2. The Labute approximate surface area is 113 Å². The van der Waals surface area contributed by atoms with E-state index in [2.05, 4.69) is 0 Å². The quantitative estimate of drug-likeness (QED) is 0.837. The molecule has 0 aromatic heterocycles. The summed E-state index contributed by atoms with van der Waals surface area (Å²) in [5.74, 6) is -0.214. The topological polar surface area (TPSA) is 71.5 Å². The molecular formula is C12H15NO4S2. The molecule has 1 aliphatic heterocycles. The van der Waals surface area contributed by atoms with Gasteiger partial charge in [0.1, 0.15) is 0 Å². The van der Waals surface area contributed by atoms with Crippen LogP contribution in [0.15, 0.2) is 35.7 Å². The second-order valence-corrected chi connectivity index (χ2v) is 8.41. The maximum Gasteiger partial charge on any atom is 0.232 e. The summed E-state index contributed by atoms with van der Waals surface area (Å²) in [5.41, 5.74) is 1.48. The first-order valence-corrected chi connectivity index (χ1v) is 9.22. The van der Waals surface area contributed by atoms with Crippen LogP contribution in [0.2, 0.25) is 0 Å². The van der Waals surface area contributed by atoms with E-state index in [0.29, 0.717) is 5.69 Å². The predicted octanol–water partition coefficient (Wildman–Crippen LogP) is 1.07. The molecule has 2 rings (SSSR count). The van der Waals surface area contributed by atoms with Crippen LogP contribution in [-0.2, 0) is 19.9 Å². The van der Waals surface area contributed by atoms with E-state index in [1.54, 1.807) is 24.3 Å². The number of aryl methyl sites for hydroxylation is 1. The largest absolute Gasteiger partial charge is 0.263 e. The Bertz CT molecular complexity index is 703. The zero-order valence-corrected chi connectivity index (χ0v) is 12.3. The molecule has 1 atom stereocenters. The summed E-state index contributed by atoms with van der Waals surface area (Å²) in [6.45, 7) is 1.90. The van der Waals surface area contributed by atoms with Crippen LogP contribution in [0.25, 0.3) is 0 Å². The number of anilines is 1. The Morgan fingerprint density at radius 2 is 1.79 bits per heavy atom. The van der Waals surface area contributed by atoms with E-state index in [1.165, 1.54) is 6.08 Å². The summed E-state index contributed by atoms with van der Waals surface area (Å²) in [7, 11) is -6.85. The van der Waals surface area contributed by atoms with Gasteiger partial charge < -0.3 is 0 Å². The zero-order chi connectivity index (χ0) is 14.3. The van der Waals surface area contributed by atoms with Gasteiger partial charge >= 0.3 is 0 Å². The predicted molar refractivity (Wildman–Crippen MR) is 75.2 cm³/mol. The van der Waals surface area contributed by atoms with Gasteiger partial charge in [0.25, 0.3) is 0 Å². The SMILES string of the molecule is Cc1ccc(N(C2C=CS(=O)(=O)C2)S(C)(=O)=O)cc1. The Balaban J connectivity index is 2.45. The van der Waals surface area contributed by atoms with Crippen molar-refractivity contribution in [2.75, 3.05) is 16.3 Å². The van der Waals surface area contributed by atoms with Crippen molar-refractivity contribution >= 4 is 25.5 Å². The lowest BCUT2D eigenvalue weighted by molar-refractivity contribution is 0.591. The summed E-state index contributed by atoms with van der Waals surface area (Å²) in [6, 6.07) is 6.26. The van der Waals surface area contributed by atoms with Gasteiger partial charge in [0.15, 0.2) is 9.84 Å². The molecule has 1 aromatic carbocycles. The third-order valence-electron chi connectivity index (χ3n) is 2.86. The fourth-order valence-electron chi connectivity index (χ4n) is 2.03. The molecule has 5 nitrogen and oxygen atoms in total. The maximum absolute atomic E-state index is 11.9. The van der Waals surface area contributed by atoms with Crippen LogP contribution in [0, 0.1) is 6.92 Å².